The standard InChI is InChI=1S/C11H10O2S/c1-8(12)13-6-9-7-14-11-5-3-2-4-10(9)11/h2-5,7H,6H2,1H3. The molecule has 0 bridgehead atoms. The minimum Gasteiger partial charge on any atom is -0.461 e. The number of rotatable bonds is 2. The quantitative estimate of drug-likeness (QED) is 0.706. The lowest BCUT2D eigenvalue weighted by molar-refractivity contribution is -0.142. The van der Waals surface area contributed by atoms with Gasteiger partial charge in [0.2, 0.25) is 0 Å². The SMILES string of the molecule is CC(=O)OCc1csc2ccccc12. The zero-order valence-electron chi connectivity index (χ0n) is 7.82. The van der Waals surface area contributed by atoms with E-state index in [1.165, 1.54) is 17.0 Å². The fourth-order valence-electron chi connectivity index (χ4n) is 1.32. The largest absolute Gasteiger partial charge is 0.461 e. The van der Waals surface area contributed by atoms with Gasteiger partial charge in [-0.3, -0.25) is 4.79 Å². The maximum absolute atomic E-state index is 10.7. The van der Waals surface area contributed by atoms with Gasteiger partial charge in [0, 0.05) is 17.2 Å². The Morgan fingerprint density at radius 1 is 1.43 bits per heavy atom. The normalized spacial score (nSPS) is 10.4. The van der Waals surface area contributed by atoms with Crippen LogP contribution in [0.4, 0.5) is 0 Å². The summed E-state index contributed by atoms with van der Waals surface area (Å²) < 4.78 is 6.19. The molecule has 0 fully saturated rings. The molecule has 0 atom stereocenters. The van der Waals surface area contributed by atoms with Gasteiger partial charge in [-0.2, -0.15) is 0 Å². The van der Waals surface area contributed by atoms with E-state index in [4.69, 9.17) is 4.74 Å². The third-order valence-electron chi connectivity index (χ3n) is 1.99. The molecule has 1 aromatic carbocycles. The van der Waals surface area contributed by atoms with E-state index in [0.717, 1.165) is 5.56 Å². The Labute approximate surface area is 86.1 Å². The fourth-order valence-corrected chi connectivity index (χ4v) is 2.27. The zero-order chi connectivity index (χ0) is 9.97. The summed E-state index contributed by atoms with van der Waals surface area (Å²) in [6.07, 6.45) is 0. The molecule has 0 unspecified atom stereocenters. The predicted molar refractivity (Wildman–Crippen MR) is 57.3 cm³/mol. The van der Waals surface area contributed by atoms with Crippen LogP contribution in [0, 0.1) is 0 Å². The summed E-state index contributed by atoms with van der Waals surface area (Å²) in [7, 11) is 0. The number of esters is 1. The Kier molecular flexibility index (Phi) is 2.50. The number of benzene rings is 1. The van der Waals surface area contributed by atoms with Crippen molar-refractivity contribution in [1.82, 2.24) is 0 Å². The van der Waals surface area contributed by atoms with Crippen molar-refractivity contribution in [3.05, 3.63) is 35.2 Å². The van der Waals surface area contributed by atoms with E-state index in [9.17, 15) is 4.79 Å². The monoisotopic (exact) mass is 206 g/mol. The highest BCUT2D eigenvalue weighted by molar-refractivity contribution is 7.17. The lowest BCUT2D eigenvalue weighted by Gasteiger charge is -1.99. The van der Waals surface area contributed by atoms with Crippen molar-refractivity contribution in [2.24, 2.45) is 0 Å². The molecule has 0 radical (unpaired) electrons. The Morgan fingerprint density at radius 2 is 2.21 bits per heavy atom. The van der Waals surface area contributed by atoms with E-state index in [1.807, 2.05) is 23.6 Å². The van der Waals surface area contributed by atoms with Crippen molar-refractivity contribution in [3.8, 4) is 0 Å². The third-order valence-corrected chi connectivity index (χ3v) is 3.00. The van der Waals surface area contributed by atoms with Gasteiger partial charge in [0.15, 0.2) is 0 Å². The molecule has 0 N–H and O–H groups in total. The molecule has 1 aromatic heterocycles. The second-order valence-corrected chi connectivity index (χ2v) is 3.95. The van der Waals surface area contributed by atoms with Crippen molar-refractivity contribution in [3.63, 3.8) is 0 Å². The molecule has 72 valence electrons. The van der Waals surface area contributed by atoms with Crippen LogP contribution in [0.1, 0.15) is 12.5 Å². The molecule has 0 saturated carbocycles. The maximum atomic E-state index is 10.7. The number of carbonyl (C=O) groups excluding carboxylic acids is 1. The highest BCUT2D eigenvalue weighted by atomic mass is 32.1. The van der Waals surface area contributed by atoms with E-state index < -0.39 is 0 Å². The van der Waals surface area contributed by atoms with Gasteiger partial charge in [0.1, 0.15) is 6.61 Å². The molecule has 3 heteroatoms. The van der Waals surface area contributed by atoms with Crippen molar-refractivity contribution >= 4 is 27.4 Å². The van der Waals surface area contributed by atoms with Gasteiger partial charge >= 0.3 is 5.97 Å². The van der Waals surface area contributed by atoms with Gasteiger partial charge in [-0.25, -0.2) is 0 Å². The van der Waals surface area contributed by atoms with Crippen molar-refractivity contribution in [1.29, 1.82) is 0 Å². The Hall–Kier alpha value is -1.35. The predicted octanol–water partition coefficient (Wildman–Crippen LogP) is 2.96. The van der Waals surface area contributed by atoms with Crippen LogP contribution in [0.15, 0.2) is 29.6 Å². The maximum Gasteiger partial charge on any atom is 0.302 e. The smallest absolute Gasteiger partial charge is 0.302 e. The molecular formula is C11H10O2S. The first kappa shape index (κ1) is 9.21. The van der Waals surface area contributed by atoms with Gasteiger partial charge in [-0.05, 0) is 16.8 Å². The lowest BCUT2D eigenvalue weighted by Crippen LogP contribution is -1.97. The molecule has 0 spiro atoms. The summed E-state index contributed by atoms with van der Waals surface area (Å²) in [6, 6.07) is 8.11. The molecule has 0 saturated heterocycles. The van der Waals surface area contributed by atoms with E-state index >= 15 is 0 Å². The van der Waals surface area contributed by atoms with Crippen LogP contribution in [0.2, 0.25) is 0 Å². The van der Waals surface area contributed by atoms with Crippen LogP contribution < -0.4 is 0 Å². The number of hydrogen-bond acceptors (Lipinski definition) is 3. The van der Waals surface area contributed by atoms with E-state index in [2.05, 4.69) is 6.07 Å². The summed E-state index contributed by atoms with van der Waals surface area (Å²) in [6.45, 7) is 1.80. The second kappa shape index (κ2) is 3.80. The summed E-state index contributed by atoms with van der Waals surface area (Å²) in [4.78, 5) is 10.7. The van der Waals surface area contributed by atoms with E-state index in [0.29, 0.717) is 6.61 Å². The van der Waals surface area contributed by atoms with Crippen molar-refractivity contribution in [2.45, 2.75) is 13.5 Å². The van der Waals surface area contributed by atoms with Crippen LogP contribution >= 0.6 is 11.3 Å². The molecule has 2 rings (SSSR count). The lowest BCUT2D eigenvalue weighted by atomic mass is 10.2. The molecule has 0 aliphatic carbocycles. The minimum absolute atomic E-state index is 0.236. The van der Waals surface area contributed by atoms with E-state index in [-0.39, 0.29) is 5.97 Å². The van der Waals surface area contributed by atoms with Crippen molar-refractivity contribution in [2.75, 3.05) is 0 Å². The molecule has 0 aliphatic rings. The van der Waals surface area contributed by atoms with Gasteiger partial charge in [0.05, 0.1) is 0 Å². The third kappa shape index (κ3) is 1.77. The molecule has 2 nitrogen and oxygen atoms in total. The number of thiophene rings is 1. The topological polar surface area (TPSA) is 26.3 Å². The molecule has 0 aliphatic heterocycles. The summed E-state index contributed by atoms with van der Waals surface area (Å²) in [5, 5.41) is 3.21. The highest BCUT2D eigenvalue weighted by Gasteiger charge is 2.03. The first-order valence-corrected chi connectivity index (χ1v) is 5.24. The number of ether oxygens (including phenoxy) is 1. The average Bonchev–Trinajstić information content (AvgIpc) is 2.58. The summed E-state index contributed by atoms with van der Waals surface area (Å²) in [5.41, 5.74) is 1.08. The Bertz CT molecular complexity index is 459. The number of hydrogen-bond donors (Lipinski definition) is 0. The summed E-state index contributed by atoms with van der Waals surface area (Å²) >= 11 is 1.67. The number of fused-ring (bicyclic) bond motifs is 1. The van der Waals surface area contributed by atoms with Gasteiger partial charge in [-0.1, -0.05) is 18.2 Å². The molecule has 14 heavy (non-hydrogen) atoms. The van der Waals surface area contributed by atoms with Gasteiger partial charge in [0.25, 0.3) is 0 Å². The average molecular weight is 206 g/mol. The van der Waals surface area contributed by atoms with Crippen molar-refractivity contribution < 1.29 is 9.53 Å². The van der Waals surface area contributed by atoms with Crippen LogP contribution in [-0.4, -0.2) is 5.97 Å². The first-order valence-electron chi connectivity index (χ1n) is 4.36. The van der Waals surface area contributed by atoms with Crippen LogP contribution in [-0.2, 0) is 16.1 Å². The summed E-state index contributed by atoms with van der Waals surface area (Å²) in [5.74, 6) is -0.236. The molecule has 1 heterocycles. The van der Waals surface area contributed by atoms with Crippen LogP contribution in [0.25, 0.3) is 10.1 Å². The second-order valence-electron chi connectivity index (χ2n) is 3.04. The van der Waals surface area contributed by atoms with Crippen LogP contribution in [0.3, 0.4) is 0 Å². The van der Waals surface area contributed by atoms with Gasteiger partial charge < -0.3 is 4.74 Å². The van der Waals surface area contributed by atoms with E-state index in [1.54, 1.807) is 11.3 Å². The Balaban J connectivity index is 2.29. The number of carbonyl (C=O) groups is 1. The first-order chi connectivity index (χ1) is 6.77. The Morgan fingerprint density at radius 3 is 3.00 bits per heavy atom. The minimum atomic E-state index is -0.236. The molecule has 0 amide bonds. The molecular weight excluding hydrogens is 196 g/mol. The highest BCUT2D eigenvalue weighted by Crippen LogP contribution is 2.25. The molecule has 2 aromatic rings. The van der Waals surface area contributed by atoms with Gasteiger partial charge in [-0.15, -0.1) is 11.3 Å². The fraction of sp³-hybridized carbons (Fsp3) is 0.182. The van der Waals surface area contributed by atoms with Crippen LogP contribution in [0.5, 0.6) is 0 Å². The zero-order valence-corrected chi connectivity index (χ0v) is 8.64.